The number of alkyl halides is 15. The van der Waals surface area contributed by atoms with E-state index in [0.717, 1.165) is 0 Å². The maximum Gasteiger partial charge on any atom is 0.402 e. The van der Waals surface area contributed by atoms with Crippen molar-refractivity contribution in [2.75, 3.05) is 26.2 Å². The lowest BCUT2D eigenvalue weighted by molar-refractivity contribution is -0.921. The van der Waals surface area contributed by atoms with E-state index in [4.69, 9.17) is 0 Å². The van der Waals surface area contributed by atoms with Crippen LogP contribution in [0.3, 0.4) is 0 Å². The fourth-order valence-corrected chi connectivity index (χ4v) is 3.38. The van der Waals surface area contributed by atoms with Crippen LogP contribution in [0, 0.1) is 0 Å². The van der Waals surface area contributed by atoms with E-state index in [1.807, 2.05) is 0 Å². The molecule has 0 N–H and O–H groups in total. The van der Waals surface area contributed by atoms with Gasteiger partial charge < -0.3 is 9.04 Å². The normalized spacial score (nSPS) is 16.1. The van der Waals surface area contributed by atoms with Crippen molar-refractivity contribution >= 4 is 10.1 Å². The summed E-state index contributed by atoms with van der Waals surface area (Å²) in [4.78, 5) is 0. The molecule has 0 rings (SSSR count). The first-order valence-corrected chi connectivity index (χ1v) is 12.0. The van der Waals surface area contributed by atoms with Crippen molar-refractivity contribution in [3.63, 3.8) is 0 Å². The molecular weight excluding hydrogens is 595 g/mol. The summed E-state index contributed by atoms with van der Waals surface area (Å²) < 4.78 is 227. The van der Waals surface area contributed by atoms with Gasteiger partial charge in [0.05, 0.1) is 26.2 Å². The van der Waals surface area contributed by atoms with Gasteiger partial charge in [0.25, 0.3) is 0 Å². The Kier molecular flexibility index (Phi) is 12.0. The van der Waals surface area contributed by atoms with Gasteiger partial charge >= 0.3 is 40.8 Å². The Morgan fingerprint density at radius 2 is 0.842 bits per heavy atom. The topological polar surface area (TPSA) is 57.2 Å². The minimum Gasteiger partial charge on any atom is -0.743 e. The molecule has 0 saturated carbocycles. The van der Waals surface area contributed by atoms with E-state index < -0.39 is 63.5 Å². The fourth-order valence-electron chi connectivity index (χ4n) is 2.94. The number of nitrogens with zero attached hydrogens (tertiary/aromatic N) is 1. The summed E-state index contributed by atoms with van der Waals surface area (Å²) in [7, 11) is -8.02. The molecule has 0 saturated heterocycles. The molecule has 0 spiro atoms. The van der Waals surface area contributed by atoms with Gasteiger partial charge in [0.1, 0.15) is 0 Å². The molecule has 0 aliphatic heterocycles. The van der Waals surface area contributed by atoms with Crippen molar-refractivity contribution in [2.45, 2.75) is 88.0 Å². The molecule has 0 fully saturated rings. The highest BCUT2D eigenvalue weighted by Gasteiger charge is 2.94. The summed E-state index contributed by atoms with van der Waals surface area (Å²) in [5.41, 5.74) is 0. The van der Waals surface area contributed by atoms with Crippen LogP contribution in [0.15, 0.2) is 0 Å². The molecule has 0 amide bonds. The summed E-state index contributed by atoms with van der Waals surface area (Å²) in [6, 6.07) is 0. The fraction of sp³-hybridized carbons (Fsp3) is 1.00. The molecule has 232 valence electrons. The van der Waals surface area contributed by atoms with Crippen LogP contribution in [-0.2, 0) is 10.1 Å². The van der Waals surface area contributed by atoms with Crippen LogP contribution < -0.4 is 0 Å². The molecular formula is C18H26F15NO3S. The lowest BCUT2D eigenvalue weighted by atomic mass is 9.89. The largest absolute Gasteiger partial charge is 0.743 e. The highest BCUT2D eigenvalue weighted by Crippen LogP contribution is 2.63. The van der Waals surface area contributed by atoms with Gasteiger partial charge in [0.2, 0.25) is 0 Å². The highest BCUT2D eigenvalue weighted by atomic mass is 32.2. The lowest BCUT2D eigenvalue weighted by Gasteiger charge is -2.43. The molecule has 0 radical (unpaired) electrons. The van der Waals surface area contributed by atoms with E-state index in [9.17, 15) is 78.8 Å². The summed E-state index contributed by atoms with van der Waals surface area (Å²) in [6.45, 7) is 14.5. The van der Waals surface area contributed by atoms with E-state index in [-0.39, 0.29) is 6.92 Å². The quantitative estimate of drug-likeness (QED) is 0.133. The second-order valence-electron chi connectivity index (χ2n) is 7.95. The van der Waals surface area contributed by atoms with Crippen LogP contribution >= 0.6 is 0 Å². The van der Waals surface area contributed by atoms with Crippen molar-refractivity contribution in [3.05, 3.63) is 0 Å². The zero-order chi connectivity index (χ0) is 31.6. The van der Waals surface area contributed by atoms with E-state index >= 15 is 0 Å². The molecule has 0 heterocycles. The van der Waals surface area contributed by atoms with Gasteiger partial charge in [-0.05, 0) is 34.1 Å². The highest BCUT2D eigenvalue weighted by molar-refractivity contribution is 7.86. The minimum atomic E-state index is -8.57. The van der Waals surface area contributed by atoms with Crippen molar-refractivity contribution in [2.24, 2.45) is 0 Å². The predicted octanol–water partition coefficient (Wildman–Crippen LogP) is 6.57. The third-order valence-corrected chi connectivity index (χ3v) is 6.99. The van der Waals surface area contributed by atoms with Gasteiger partial charge in [-0.3, -0.25) is 0 Å². The Hall–Kier alpha value is -1.18. The first kappa shape index (κ1) is 39.0. The van der Waals surface area contributed by atoms with E-state index in [1.54, 1.807) is 0 Å². The number of quaternary nitrogens is 1. The monoisotopic (exact) mass is 621 g/mol. The standard InChI is InChI=1S/C10H7F15O3S.C8H20N/c1-2-3(11)4(12,13)5(14,15)6(16,17)7(18,19)8(20,21)9(22,23)10(24,25)29(26,27)28;1-5-9(6-2,7-3)8-4/h3H,2H2,1H3,(H,26,27,28);5-8H2,1-4H3/q;+1/p-1. The number of halogens is 15. The van der Waals surface area contributed by atoms with Gasteiger partial charge in [-0.25, -0.2) is 12.8 Å². The van der Waals surface area contributed by atoms with Crippen LogP contribution in [0.25, 0.3) is 0 Å². The van der Waals surface area contributed by atoms with Crippen LogP contribution in [0.4, 0.5) is 65.9 Å². The predicted molar refractivity (Wildman–Crippen MR) is 102 cm³/mol. The van der Waals surface area contributed by atoms with E-state index in [0.29, 0.717) is 0 Å². The first-order chi connectivity index (χ1) is 16.5. The van der Waals surface area contributed by atoms with E-state index in [1.165, 1.54) is 30.7 Å². The molecule has 1 atom stereocenters. The lowest BCUT2D eigenvalue weighted by Crippen LogP contribution is -2.74. The average Bonchev–Trinajstić information content (AvgIpc) is 2.79. The van der Waals surface area contributed by atoms with Gasteiger partial charge in [-0.2, -0.15) is 61.5 Å². The molecule has 0 bridgehead atoms. The second-order valence-corrected chi connectivity index (χ2v) is 9.37. The average molecular weight is 621 g/mol. The molecule has 20 heteroatoms. The van der Waals surface area contributed by atoms with Crippen molar-refractivity contribution < 1.29 is 83.3 Å². The summed E-state index contributed by atoms with van der Waals surface area (Å²) >= 11 is 0. The van der Waals surface area contributed by atoms with Crippen LogP contribution in [0.1, 0.15) is 41.0 Å². The van der Waals surface area contributed by atoms with Gasteiger partial charge in [-0.15, -0.1) is 0 Å². The maximum absolute atomic E-state index is 13.2. The molecule has 0 aliphatic rings. The van der Waals surface area contributed by atoms with Crippen LogP contribution in [-0.4, -0.2) is 90.6 Å². The summed E-state index contributed by atoms with van der Waals surface area (Å²) in [5.74, 6) is -48.6. The molecule has 0 aromatic rings. The molecule has 4 nitrogen and oxygen atoms in total. The molecule has 38 heavy (non-hydrogen) atoms. The Labute approximate surface area is 208 Å². The number of rotatable bonds is 13. The smallest absolute Gasteiger partial charge is 0.402 e. The zero-order valence-electron chi connectivity index (χ0n) is 20.4. The van der Waals surface area contributed by atoms with Crippen LogP contribution in [0.2, 0.25) is 0 Å². The molecule has 0 aromatic heterocycles. The number of hydrogen-bond acceptors (Lipinski definition) is 3. The minimum absolute atomic E-state index is 0.257. The van der Waals surface area contributed by atoms with Crippen molar-refractivity contribution in [1.82, 2.24) is 0 Å². The van der Waals surface area contributed by atoms with Gasteiger partial charge in [0, 0.05) is 0 Å². The molecule has 1 unspecified atom stereocenters. The summed E-state index contributed by atoms with van der Waals surface area (Å²) in [5, 5.41) is -7.80. The second kappa shape index (κ2) is 11.7. The Bertz CT molecular complexity index is 857. The van der Waals surface area contributed by atoms with Crippen LogP contribution in [0.5, 0.6) is 0 Å². The van der Waals surface area contributed by atoms with Gasteiger partial charge in [0.15, 0.2) is 16.3 Å². The third-order valence-electron chi connectivity index (χ3n) is 6.11. The Morgan fingerprint density at radius 1 is 0.579 bits per heavy atom. The molecule has 0 aliphatic carbocycles. The third kappa shape index (κ3) is 5.95. The number of hydrogen-bond donors (Lipinski definition) is 0. The SMILES string of the molecule is CCC(F)C(F)(F)C(F)(F)C(F)(F)C(F)(F)C(F)(F)C(F)(F)C(F)(F)S(=O)(=O)[O-].CC[N+](CC)(CC)CC. The van der Waals surface area contributed by atoms with Crippen molar-refractivity contribution in [1.29, 1.82) is 0 Å². The summed E-state index contributed by atoms with van der Waals surface area (Å²) in [6.07, 6.45) is -6.25. The Balaban J connectivity index is 0. The Morgan fingerprint density at radius 3 is 1.05 bits per heavy atom. The van der Waals surface area contributed by atoms with Crippen molar-refractivity contribution in [3.8, 4) is 0 Å². The van der Waals surface area contributed by atoms with Gasteiger partial charge in [-0.1, -0.05) is 6.92 Å². The maximum atomic E-state index is 13.2. The first-order valence-electron chi connectivity index (χ1n) is 10.6. The van der Waals surface area contributed by atoms with E-state index in [2.05, 4.69) is 27.7 Å². The zero-order valence-corrected chi connectivity index (χ0v) is 21.2. The molecule has 0 aromatic carbocycles.